The maximum Gasteiger partial charge on any atom is 0.393 e. The van der Waals surface area contributed by atoms with Gasteiger partial charge in [-0.15, -0.1) is 0 Å². The number of carbonyl (C=O) groups excluding carboxylic acids is 1. The maximum atomic E-state index is 12.8. The van der Waals surface area contributed by atoms with E-state index >= 15 is 0 Å². The van der Waals surface area contributed by atoms with E-state index in [1.165, 1.54) is 11.0 Å². The normalized spacial score (nSPS) is 20.0. The van der Waals surface area contributed by atoms with Crippen molar-refractivity contribution in [3.8, 4) is 0 Å². The third-order valence-corrected chi connectivity index (χ3v) is 4.08. The predicted molar refractivity (Wildman–Crippen MR) is 73.2 cm³/mol. The molecule has 0 saturated carbocycles. The molecule has 1 amide bonds. The van der Waals surface area contributed by atoms with Crippen molar-refractivity contribution in [3.63, 3.8) is 0 Å². The first-order chi connectivity index (χ1) is 9.29. The zero-order valence-corrected chi connectivity index (χ0v) is 12.2. The van der Waals surface area contributed by atoms with Crippen LogP contribution in [0.2, 0.25) is 0 Å². The first-order valence-electron chi connectivity index (χ1n) is 6.20. The van der Waals surface area contributed by atoms with E-state index in [1.807, 2.05) is 0 Å². The van der Waals surface area contributed by atoms with Gasteiger partial charge < -0.3 is 10.6 Å². The standard InChI is InChI=1S/C13H14BrF3N2O/c14-11-4-3-9(18)6-10(11)12(20)19-5-1-2-8(7-19)13(15,16)17/h3-4,6,8H,1-2,5,7,18H2. The molecule has 0 spiro atoms. The first kappa shape index (κ1) is 15.2. The van der Waals surface area contributed by atoms with Gasteiger partial charge in [-0.2, -0.15) is 13.2 Å². The number of carbonyl (C=O) groups is 1. The molecule has 1 unspecified atom stereocenters. The molecular formula is C13H14BrF3N2O. The Morgan fingerprint density at radius 3 is 2.75 bits per heavy atom. The van der Waals surface area contributed by atoms with E-state index in [2.05, 4.69) is 15.9 Å². The van der Waals surface area contributed by atoms with Crippen molar-refractivity contribution in [1.29, 1.82) is 0 Å². The fourth-order valence-electron chi connectivity index (χ4n) is 2.31. The van der Waals surface area contributed by atoms with Crippen LogP contribution >= 0.6 is 15.9 Å². The van der Waals surface area contributed by atoms with E-state index in [1.54, 1.807) is 12.1 Å². The Morgan fingerprint density at radius 1 is 1.40 bits per heavy atom. The van der Waals surface area contributed by atoms with Crippen LogP contribution in [0.3, 0.4) is 0 Å². The van der Waals surface area contributed by atoms with Gasteiger partial charge in [-0.05, 0) is 47.0 Å². The van der Waals surface area contributed by atoms with Gasteiger partial charge in [0.05, 0.1) is 11.5 Å². The number of nitrogens with zero attached hydrogens (tertiary/aromatic N) is 1. The average Bonchev–Trinajstić information content (AvgIpc) is 2.40. The Labute approximate surface area is 123 Å². The summed E-state index contributed by atoms with van der Waals surface area (Å²) in [6, 6.07) is 4.72. The lowest BCUT2D eigenvalue weighted by Crippen LogP contribution is -2.44. The van der Waals surface area contributed by atoms with Crippen molar-refractivity contribution in [3.05, 3.63) is 28.2 Å². The summed E-state index contributed by atoms with van der Waals surface area (Å²) in [7, 11) is 0. The number of piperidine rings is 1. The molecule has 1 saturated heterocycles. The minimum atomic E-state index is -4.26. The minimum Gasteiger partial charge on any atom is -0.399 e. The summed E-state index contributed by atoms with van der Waals surface area (Å²) in [5.41, 5.74) is 6.32. The molecule has 1 aliphatic heterocycles. The molecule has 0 aliphatic carbocycles. The second-order valence-corrected chi connectivity index (χ2v) is 5.73. The van der Waals surface area contributed by atoms with Crippen LogP contribution in [0.1, 0.15) is 23.2 Å². The van der Waals surface area contributed by atoms with E-state index in [-0.39, 0.29) is 13.0 Å². The molecule has 110 valence electrons. The van der Waals surface area contributed by atoms with Gasteiger partial charge in [-0.25, -0.2) is 0 Å². The summed E-state index contributed by atoms with van der Waals surface area (Å²) in [5, 5.41) is 0. The number of halogens is 4. The number of hydrogen-bond acceptors (Lipinski definition) is 2. The largest absolute Gasteiger partial charge is 0.399 e. The minimum absolute atomic E-state index is 0.0748. The van der Waals surface area contributed by atoms with E-state index < -0.39 is 18.0 Å². The molecule has 1 fully saturated rings. The Kier molecular flexibility index (Phi) is 4.27. The Morgan fingerprint density at radius 2 is 2.10 bits per heavy atom. The quantitative estimate of drug-likeness (QED) is 0.788. The third-order valence-electron chi connectivity index (χ3n) is 3.39. The third kappa shape index (κ3) is 3.26. The van der Waals surface area contributed by atoms with Crippen LogP contribution in [-0.4, -0.2) is 30.1 Å². The molecule has 2 N–H and O–H groups in total. The van der Waals surface area contributed by atoms with Crippen molar-refractivity contribution in [2.75, 3.05) is 18.8 Å². The van der Waals surface area contributed by atoms with Crippen molar-refractivity contribution in [2.24, 2.45) is 5.92 Å². The van der Waals surface area contributed by atoms with Crippen molar-refractivity contribution < 1.29 is 18.0 Å². The van der Waals surface area contributed by atoms with Gasteiger partial charge >= 0.3 is 6.18 Å². The summed E-state index contributed by atoms with van der Waals surface area (Å²) < 4.78 is 38.8. The van der Waals surface area contributed by atoms with Crippen LogP contribution in [0.4, 0.5) is 18.9 Å². The number of amides is 1. The lowest BCUT2D eigenvalue weighted by Gasteiger charge is -2.34. The predicted octanol–water partition coefficient (Wildman–Crippen LogP) is 3.45. The molecule has 2 rings (SSSR count). The molecule has 0 bridgehead atoms. The first-order valence-corrected chi connectivity index (χ1v) is 6.99. The number of benzene rings is 1. The van der Waals surface area contributed by atoms with Crippen LogP contribution in [0.25, 0.3) is 0 Å². The van der Waals surface area contributed by atoms with E-state index in [4.69, 9.17) is 5.73 Å². The number of anilines is 1. The molecule has 20 heavy (non-hydrogen) atoms. The highest BCUT2D eigenvalue weighted by Crippen LogP contribution is 2.34. The van der Waals surface area contributed by atoms with Crippen LogP contribution < -0.4 is 5.73 Å². The number of rotatable bonds is 1. The number of hydrogen-bond donors (Lipinski definition) is 1. The van der Waals surface area contributed by atoms with E-state index in [9.17, 15) is 18.0 Å². The van der Waals surface area contributed by atoms with Crippen molar-refractivity contribution >= 4 is 27.5 Å². The summed E-state index contributed by atoms with van der Waals surface area (Å²) in [6.07, 6.45) is -3.83. The average molecular weight is 351 g/mol. The second kappa shape index (κ2) is 5.63. The molecule has 0 aromatic heterocycles. The van der Waals surface area contributed by atoms with Gasteiger partial charge in [0.25, 0.3) is 5.91 Å². The van der Waals surface area contributed by atoms with Crippen LogP contribution in [0.15, 0.2) is 22.7 Å². The topological polar surface area (TPSA) is 46.3 Å². The Balaban J connectivity index is 2.18. The Hall–Kier alpha value is -1.24. The highest BCUT2D eigenvalue weighted by molar-refractivity contribution is 9.10. The molecule has 1 aliphatic rings. The molecule has 3 nitrogen and oxygen atoms in total. The van der Waals surface area contributed by atoms with Crippen molar-refractivity contribution in [2.45, 2.75) is 19.0 Å². The fourth-order valence-corrected chi connectivity index (χ4v) is 2.72. The van der Waals surface area contributed by atoms with Crippen molar-refractivity contribution in [1.82, 2.24) is 4.90 Å². The smallest absolute Gasteiger partial charge is 0.393 e. The van der Waals surface area contributed by atoms with E-state index in [0.29, 0.717) is 28.7 Å². The number of alkyl halides is 3. The summed E-state index contributed by atoms with van der Waals surface area (Å²) >= 11 is 3.23. The van der Waals surface area contributed by atoms with Gasteiger partial charge in [0.2, 0.25) is 0 Å². The van der Waals surface area contributed by atoms with Crippen LogP contribution in [0.5, 0.6) is 0 Å². The monoisotopic (exact) mass is 350 g/mol. The maximum absolute atomic E-state index is 12.8. The molecule has 0 radical (unpaired) electrons. The van der Waals surface area contributed by atoms with E-state index in [0.717, 1.165) is 0 Å². The highest BCUT2D eigenvalue weighted by atomic mass is 79.9. The summed E-state index contributed by atoms with van der Waals surface area (Å²) in [4.78, 5) is 13.6. The number of nitrogen functional groups attached to an aromatic ring is 1. The lowest BCUT2D eigenvalue weighted by atomic mass is 9.97. The zero-order chi connectivity index (χ0) is 14.9. The molecular weight excluding hydrogens is 337 g/mol. The van der Waals surface area contributed by atoms with Crippen LogP contribution in [0, 0.1) is 5.92 Å². The highest BCUT2D eigenvalue weighted by Gasteiger charge is 2.42. The van der Waals surface area contributed by atoms with Gasteiger partial charge in [-0.3, -0.25) is 4.79 Å². The molecule has 1 aromatic rings. The number of nitrogens with two attached hydrogens (primary N) is 1. The second-order valence-electron chi connectivity index (χ2n) is 4.87. The SMILES string of the molecule is Nc1ccc(Br)c(C(=O)N2CCCC(C(F)(F)F)C2)c1. The lowest BCUT2D eigenvalue weighted by molar-refractivity contribution is -0.184. The van der Waals surface area contributed by atoms with Gasteiger partial charge in [0, 0.05) is 23.2 Å². The zero-order valence-electron chi connectivity index (χ0n) is 10.6. The van der Waals surface area contributed by atoms with Crippen LogP contribution in [-0.2, 0) is 0 Å². The Bertz CT molecular complexity index is 519. The molecule has 1 aromatic carbocycles. The van der Waals surface area contributed by atoms with Gasteiger partial charge in [0.1, 0.15) is 0 Å². The number of likely N-dealkylation sites (tertiary alicyclic amines) is 1. The fraction of sp³-hybridized carbons (Fsp3) is 0.462. The summed E-state index contributed by atoms with van der Waals surface area (Å²) in [5.74, 6) is -1.86. The van der Waals surface area contributed by atoms with Gasteiger partial charge in [0.15, 0.2) is 0 Å². The molecule has 7 heteroatoms. The molecule has 1 heterocycles. The van der Waals surface area contributed by atoms with Gasteiger partial charge in [-0.1, -0.05) is 0 Å². The molecule has 1 atom stereocenters. The summed E-state index contributed by atoms with van der Waals surface area (Å²) in [6.45, 7) is 0.0518.